The molecule has 19 heavy (non-hydrogen) atoms. The highest BCUT2D eigenvalue weighted by Gasteiger charge is 2.05. The number of benzene rings is 1. The molecule has 3 N–H and O–H groups in total. The summed E-state index contributed by atoms with van der Waals surface area (Å²) in [6, 6.07) is 5.11. The topological polar surface area (TPSA) is 55.1 Å². The first-order valence-corrected chi connectivity index (χ1v) is 7.98. The molecule has 1 unspecified atom stereocenters. The van der Waals surface area contributed by atoms with Crippen molar-refractivity contribution in [3.63, 3.8) is 0 Å². The predicted octanol–water partition coefficient (Wildman–Crippen LogP) is 4.03. The molecule has 1 amide bonds. The number of carbonyl (C=O) groups excluding carboxylic acids is 1. The van der Waals surface area contributed by atoms with Crippen LogP contribution in [0.15, 0.2) is 18.2 Å². The van der Waals surface area contributed by atoms with Gasteiger partial charge in [0.25, 0.3) is 0 Å². The summed E-state index contributed by atoms with van der Waals surface area (Å²) in [4.78, 5) is 11.7. The molecule has 1 atom stereocenters. The predicted molar refractivity (Wildman–Crippen MR) is 85.9 cm³/mol. The molecule has 0 saturated heterocycles. The van der Waals surface area contributed by atoms with E-state index in [-0.39, 0.29) is 5.91 Å². The fourth-order valence-corrected chi connectivity index (χ4v) is 2.66. The van der Waals surface area contributed by atoms with Gasteiger partial charge in [0.1, 0.15) is 0 Å². The lowest BCUT2D eigenvalue weighted by molar-refractivity contribution is -0.115. The third-order valence-corrected chi connectivity index (χ3v) is 4.49. The van der Waals surface area contributed by atoms with E-state index in [0.29, 0.717) is 28.7 Å². The van der Waals surface area contributed by atoms with E-state index in [2.05, 4.69) is 19.2 Å². The molecule has 0 fully saturated rings. The normalized spacial score (nSPS) is 12.2. The Balaban J connectivity index is 2.29. The summed E-state index contributed by atoms with van der Waals surface area (Å²) in [6.45, 7) is 4.41. The first kappa shape index (κ1) is 16.2. The molecule has 5 heteroatoms. The summed E-state index contributed by atoms with van der Waals surface area (Å²) in [6.07, 6.45) is 1.70. The van der Waals surface area contributed by atoms with Crippen molar-refractivity contribution >= 4 is 40.6 Å². The van der Waals surface area contributed by atoms with Crippen molar-refractivity contribution in [3.8, 4) is 0 Å². The van der Waals surface area contributed by atoms with Crippen molar-refractivity contribution < 1.29 is 4.79 Å². The maximum atomic E-state index is 11.7. The summed E-state index contributed by atoms with van der Waals surface area (Å²) in [7, 11) is 0. The number of halogens is 1. The molecular weight excluding hydrogens is 280 g/mol. The fraction of sp³-hybridized carbons (Fsp3) is 0.500. The number of hydrogen-bond acceptors (Lipinski definition) is 3. The molecule has 0 aliphatic rings. The van der Waals surface area contributed by atoms with Gasteiger partial charge in [-0.1, -0.05) is 31.9 Å². The largest absolute Gasteiger partial charge is 0.397 e. The Hall–Kier alpha value is -0.870. The average Bonchev–Trinajstić information content (AvgIpc) is 2.38. The van der Waals surface area contributed by atoms with E-state index in [4.69, 9.17) is 17.3 Å². The molecule has 1 aromatic rings. The van der Waals surface area contributed by atoms with Gasteiger partial charge in [0.15, 0.2) is 0 Å². The quantitative estimate of drug-likeness (QED) is 0.590. The van der Waals surface area contributed by atoms with E-state index in [9.17, 15) is 4.79 Å². The minimum Gasteiger partial charge on any atom is -0.397 e. The molecule has 0 spiro atoms. The Bertz CT molecular complexity index is 426. The van der Waals surface area contributed by atoms with Crippen LogP contribution >= 0.6 is 23.4 Å². The van der Waals surface area contributed by atoms with Crippen LogP contribution in [0, 0.1) is 5.92 Å². The van der Waals surface area contributed by atoms with Crippen LogP contribution in [0.25, 0.3) is 0 Å². The standard InChI is InChI=1S/C14H21ClN2OS/c1-3-10(2)9-19-7-6-14(18)17-11-4-5-12(15)13(16)8-11/h4-5,8,10H,3,6-7,9,16H2,1-2H3,(H,17,18). The van der Waals surface area contributed by atoms with Gasteiger partial charge >= 0.3 is 0 Å². The molecule has 0 heterocycles. The van der Waals surface area contributed by atoms with E-state index in [0.717, 1.165) is 11.5 Å². The Morgan fingerprint density at radius 2 is 2.26 bits per heavy atom. The molecule has 0 saturated carbocycles. The number of hydrogen-bond donors (Lipinski definition) is 2. The third-order valence-electron chi connectivity index (χ3n) is 2.85. The van der Waals surface area contributed by atoms with Crippen LogP contribution in [0.5, 0.6) is 0 Å². The van der Waals surface area contributed by atoms with Crippen LogP contribution < -0.4 is 11.1 Å². The van der Waals surface area contributed by atoms with E-state index in [1.807, 2.05) is 11.8 Å². The first-order valence-electron chi connectivity index (χ1n) is 6.45. The summed E-state index contributed by atoms with van der Waals surface area (Å²) >= 11 is 7.65. The number of anilines is 2. The molecule has 3 nitrogen and oxygen atoms in total. The van der Waals surface area contributed by atoms with Gasteiger partial charge < -0.3 is 11.1 Å². The monoisotopic (exact) mass is 300 g/mol. The van der Waals surface area contributed by atoms with Crippen LogP contribution in [-0.4, -0.2) is 17.4 Å². The highest BCUT2D eigenvalue weighted by Crippen LogP contribution is 2.22. The summed E-state index contributed by atoms with van der Waals surface area (Å²) in [5.41, 5.74) is 6.85. The van der Waals surface area contributed by atoms with Crippen molar-refractivity contribution in [2.45, 2.75) is 26.7 Å². The number of thioether (sulfide) groups is 1. The van der Waals surface area contributed by atoms with Crippen LogP contribution in [0.1, 0.15) is 26.7 Å². The Kier molecular flexibility index (Phi) is 7.10. The molecule has 0 aliphatic heterocycles. The van der Waals surface area contributed by atoms with Crippen molar-refractivity contribution in [1.82, 2.24) is 0 Å². The molecular formula is C14H21ClN2OS. The number of nitrogen functional groups attached to an aromatic ring is 1. The Labute approximate surface area is 124 Å². The average molecular weight is 301 g/mol. The van der Waals surface area contributed by atoms with Gasteiger partial charge in [-0.05, 0) is 29.9 Å². The fourth-order valence-electron chi connectivity index (χ4n) is 1.41. The van der Waals surface area contributed by atoms with Gasteiger partial charge in [0.2, 0.25) is 5.91 Å². The number of amides is 1. The van der Waals surface area contributed by atoms with E-state index in [1.54, 1.807) is 18.2 Å². The maximum absolute atomic E-state index is 11.7. The lowest BCUT2D eigenvalue weighted by atomic mass is 10.2. The molecule has 0 bridgehead atoms. The highest BCUT2D eigenvalue weighted by atomic mass is 35.5. The van der Waals surface area contributed by atoms with Crippen molar-refractivity contribution in [3.05, 3.63) is 23.2 Å². The van der Waals surface area contributed by atoms with Gasteiger partial charge in [-0.2, -0.15) is 11.8 Å². The van der Waals surface area contributed by atoms with E-state index >= 15 is 0 Å². The SMILES string of the molecule is CCC(C)CSCCC(=O)Nc1ccc(Cl)c(N)c1. The van der Waals surface area contributed by atoms with Gasteiger partial charge in [-0.15, -0.1) is 0 Å². The van der Waals surface area contributed by atoms with E-state index < -0.39 is 0 Å². The van der Waals surface area contributed by atoms with E-state index in [1.165, 1.54) is 6.42 Å². The second-order valence-corrected chi connectivity index (χ2v) is 6.18. The molecule has 106 valence electrons. The van der Waals surface area contributed by atoms with Crippen LogP contribution in [-0.2, 0) is 4.79 Å². The summed E-state index contributed by atoms with van der Waals surface area (Å²) in [5.74, 6) is 2.68. The van der Waals surface area contributed by atoms with Crippen LogP contribution in [0.4, 0.5) is 11.4 Å². The molecule has 0 radical (unpaired) electrons. The lowest BCUT2D eigenvalue weighted by Crippen LogP contribution is -2.12. The van der Waals surface area contributed by atoms with Crippen LogP contribution in [0.2, 0.25) is 5.02 Å². The molecule has 0 aliphatic carbocycles. The highest BCUT2D eigenvalue weighted by molar-refractivity contribution is 7.99. The minimum absolute atomic E-state index is 0.0124. The Morgan fingerprint density at radius 1 is 1.53 bits per heavy atom. The zero-order chi connectivity index (χ0) is 14.3. The van der Waals surface area contributed by atoms with Crippen molar-refractivity contribution in [2.75, 3.05) is 22.6 Å². The first-order chi connectivity index (χ1) is 9.02. The smallest absolute Gasteiger partial charge is 0.225 e. The van der Waals surface area contributed by atoms with Gasteiger partial charge in [0, 0.05) is 17.9 Å². The number of rotatable bonds is 7. The zero-order valence-electron chi connectivity index (χ0n) is 11.4. The number of carbonyl (C=O) groups is 1. The summed E-state index contributed by atoms with van der Waals surface area (Å²) < 4.78 is 0. The van der Waals surface area contributed by atoms with Gasteiger partial charge in [-0.25, -0.2) is 0 Å². The van der Waals surface area contributed by atoms with Crippen molar-refractivity contribution in [2.24, 2.45) is 5.92 Å². The van der Waals surface area contributed by atoms with Gasteiger partial charge in [0.05, 0.1) is 10.7 Å². The second-order valence-electron chi connectivity index (χ2n) is 4.62. The second kappa shape index (κ2) is 8.33. The Morgan fingerprint density at radius 3 is 2.89 bits per heavy atom. The van der Waals surface area contributed by atoms with Gasteiger partial charge in [-0.3, -0.25) is 4.79 Å². The lowest BCUT2D eigenvalue weighted by Gasteiger charge is -2.08. The maximum Gasteiger partial charge on any atom is 0.225 e. The van der Waals surface area contributed by atoms with Crippen LogP contribution in [0.3, 0.4) is 0 Å². The number of nitrogens with one attached hydrogen (secondary N) is 1. The van der Waals surface area contributed by atoms with Crippen molar-refractivity contribution in [1.29, 1.82) is 0 Å². The zero-order valence-corrected chi connectivity index (χ0v) is 13.0. The third kappa shape index (κ3) is 6.21. The number of nitrogens with two attached hydrogens (primary N) is 1. The minimum atomic E-state index is 0.0124. The summed E-state index contributed by atoms with van der Waals surface area (Å²) in [5, 5.41) is 3.32. The molecule has 1 rings (SSSR count). The molecule has 1 aromatic carbocycles. The molecule has 0 aromatic heterocycles.